The van der Waals surface area contributed by atoms with Gasteiger partial charge in [-0.2, -0.15) is 5.26 Å². The summed E-state index contributed by atoms with van der Waals surface area (Å²) in [6.45, 7) is 3.61. The van der Waals surface area contributed by atoms with Gasteiger partial charge in [0.1, 0.15) is 6.04 Å². The first-order valence-electron chi connectivity index (χ1n) is 5.65. The molecule has 0 radical (unpaired) electrons. The van der Waals surface area contributed by atoms with Gasteiger partial charge in [0.05, 0.1) is 11.0 Å². The SMILES string of the molecule is CC(C)C(C#N)NC(=O)Nc1cccc([N+](=O)[O-])c1. The van der Waals surface area contributed by atoms with E-state index in [1.807, 2.05) is 19.9 Å². The minimum atomic E-state index is -0.612. The predicted molar refractivity (Wildman–Crippen MR) is 69.5 cm³/mol. The molecule has 0 saturated heterocycles. The summed E-state index contributed by atoms with van der Waals surface area (Å²) in [4.78, 5) is 21.7. The fourth-order valence-corrected chi connectivity index (χ4v) is 1.35. The average molecular weight is 262 g/mol. The lowest BCUT2D eigenvalue weighted by atomic mass is 10.1. The van der Waals surface area contributed by atoms with E-state index in [1.165, 1.54) is 24.3 Å². The molecular weight excluding hydrogens is 248 g/mol. The van der Waals surface area contributed by atoms with Crippen LogP contribution >= 0.6 is 0 Å². The molecule has 0 aliphatic heterocycles. The summed E-state index contributed by atoms with van der Waals surface area (Å²) in [5.41, 5.74) is 0.186. The second-order valence-corrected chi connectivity index (χ2v) is 4.26. The summed E-state index contributed by atoms with van der Waals surface area (Å²) in [6.07, 6.45) is 0. The van der Waals surface area contributed by atoms with Crippen LogP contribution in [0.15, 0.2) is 24.3 Å². The van der Waals surface area contributed by atoms with Crippen LogP contribution in [0.4, 0.5) is 16.2 Å². The molecule has 0 heterocycles. The maximum atomic E-state index is 11.6. The predicted octanol–water partition coefficient (Wildman–Crippen LogP) is 2.26. The van der Waals surface area contributed by atoms with E-state index in [1.54, 1.807) is 0 Å². The second-order valence-electron chi connectivity index (χ2n) is 4.26. The van der Waals surface area contributed by atoms with Gasteiger partial charge in [0.15, 0.2) is 0 Å². The molecular formula is C12H14N4O3. The van der Waals surface area contributed by atoms with E-state index < -0.39 is 17.0 Å². The van der Waals surface area contributed by atoms with Gasteiger partial charge in [0.25, 0.3) is 5.69 Å². The highest BCUT2D eigenvalue weighted by molar-refractivity contribution is 5.90. The minimum Gasteiger partial charge on any atom is -0.322 e. The third-order valence-corrected chi connectivity index (χ3v) is 2.41. The molecule has 1 aromatic rings. The van der Waals surface area contributed by atoms with Crippen molar-refractivity contribution in [1.82, 2.24) is 5.32 Å². The van der Waals surface area contributed by atoms with Gasteiger partial charge in [-0.1, -0.05) is 19.9 Å². The van der Waals surface area contributed by atoms with E-state index in [2.05, 4.69) is 10.6 Å². The molecule has 2 amide bonds. The lowest BCUT2D eigenvalue weighted by Crippen LogP contribution is -2.40. The number of nitrogens with zero attached hydrogens (tertiary/aromatic N) is 2. The van der Waals surface area contributed by atoms with Crippen molar-refractivity contribution in [3.63, 3.8) is 0 Å². The van der Waals surface area contributed by atoms with Crippen molar-refractivity contribution in [1.29, 1.82) is 5.26 Å². The van der Waals surface area contributed by atoms with Gasteiger partial charge in [0, 0.05) is 17.8 Å². The van der Waals surface area contributed by atoms with Crippen LogP contribution in [0, 0.1) is 27.4 Å². The van der Waals surface area contributed by atoms with Crippen LogP contribution in [0.1, 0.15) is 13.8 Å². The topological polar surface area (TPSA) is 108 Å². The van der Waals surface area contributed by atoms with E-state index in [4.69, 9.17) is 5.26 Å². The number of nitrogens with one attached hydrogen (secondary N) is 2. The van der Waals surface area contributed by atoms with Crippen molar-refractivity contribution in [2.45, 2.75) is 19.9 Å². The van der Waals surface area contributed by atoms with E-state index in [9.17, 15) is 14.9 Å². The molecule has 0 bridgehead atoms. The number of nitro groups is 1. The van der Waals surface area contributed by atoms with Gasteiger partial charge >= 0.3 is 6.03 Å². The zero-order chi connectivity index (χ0) is 14.4. The average Bonchev–Trinajstić information content (AvgIpc) is 2.35. The summed E-state index contributed by atoms with van der Waals surface area (Å²) >= 11 is 0. The number of non-ortho nitro benzene ring substituents is 1. The number of carbonyl (C=O) groups is 1. The fourth-order valence-electron chi connectivity index (χ4n) is 1.35. The number of rotatable bonds is 4. The molecule has 19 heavy (non-hydrogen) atoms. The Bertz CT molecular complexity index is 522. The van der Waals surface area contributed by atoms with Crippen LogP contribution < -0.4 is 10.6 Å². The van der Waals surface area contributed by atoms with Gasteiger partial charge in [-0.05, 0) is 12.0 Å². The number of benzene rings is 1. The first-order chi connectivity index (χ1) is 8.93. The van der Waals surface area contributed by atoms with Crippen LogP contribution in [-0.4, -0.2) is 17.0 Å². The molecule has 1 atom stereocenters. The number of anilines is 1. The van der Waals surface area contributed by atoms with Crippen LogP contribution in [0.2, 0.25) is 0 Å². The molecule has 7 nitrogen and oxygen atoms in total. The molecule has 0 spiro atoms. The first-order valence-corrected chi connectivity index (χ1v) is 5.65. The highest BCUT2D eigenvalue weighted by Gasteiger charge is 2.15. The third-order valence-electron chi connectivity index (χ3n) is 2.41. The summed E-state index contributed by atoms with van der Waals surface area (Å²) in [5.74, 6) is -0.0270. The number of urea groups is 1. The van der Waals surface area contributed by atoms with E-state index in [-0.39, 0.29) is 11.6 Å². The zero-order valence-corrected chi connectivity index (χ0v) is 10.6. The Morgan fingerprint density at radius 3 is 2.68 bits per heavy atom. The van der Waals surface area contributed by atoms with Gasteiger partial charge in [-0.15, -0.1) is 0 Å². The molecule has 1 rings (SSSR count). The van der Waals surface area contributed by atoms with E-state index in [0.717, 1.165) is 0 Å². The number of carbonyl (C=O) groups excluding carboxylic acids is 1. The lowest BCUT2D eigenvalue weighted by molar-refractivity contribution is -0.384. The maximum Gasteiger partial charge on any atom is 0.320 e. The molecule has 0 fully saturated rings. The summed E-state index contributed by atoms with van der Waals surface area (Å²) in [7, 11) is 0. The van der Waals surface area contributed by atoms with Crippen molar-refractivity contribution in [2.24, 2.45) is 5.92 Å². The van der Waals surface area contributed by atoms with Crippen LogP contribution in [0.25, 0.3) is 0 Å². The Morgan fingerprint density at radius 1 is 1.47 bits per heavy atom. The monoisotopic (exact) mass is 262 g/mol. The molecule has 0 saturated carbocycles. The van der Waals surface area contributed by atoms with Crippen LogP contribution in [0.5, 0.6) is 0 Å². The Kier molecular flexibility index (Phi) is 4.83. The quantitative estimate of drug-likeness (QED) is 0.640. The summed E-state index contributed by atoms with van der Waals surface area (Å²) in [6, 6.07) is 6.36. The van der Waals surface area contributed by atoms with Crippen molar-refractivity contribution >= 4 is 17.4 Å². The molecule has 0 aliphatic carbocycles. The number of nitriles is 1. The lowest BCUT2D eigenvalue weighted by Gasteiger charge is -2.15. The molecule has 0 aliphatic rings. The Morgan fingerprint density at radius 2 is 2.16 bits per heavy atom. The zero-order valence-electron chi connectivity index (χ0n) is 10.6. The fraction of sp³-hybridized carbons (Fsp3) is 0.333. The third kappa shape index (κ3) is 4.27. The maximum absolute atomic E-state index is 11.6. The Labute approximate surface area is 110 Å². The van der Waals surface area contributed by atoms with Gasteiger partial charge in [-0.3, -0.25) is 10.1 Å². The highest BCUT2D eigenvalue weighted by atomic mass is 16.6. The Hall–Kier alpha value is -2.62. The van der Waals surface area contributed by atoms with E-state index >= 15 is 0 Å². The molecule has 2 N–H and O–H groups in total. The van der Waals surface area contributed by atoms with Crippen molar-refractivity contribution in [2.75, 3.05) is 5.32 Å². The summed E-state index contributed by atoms with van der Waals surface area (Å²) < 4.78 is 0. The second kappa shape index (κ2) is 6.35. The van der Waals surface area contributed by atoms with Crippen LogP contribution in [0.3, 0.4) is 0 Å². The van der Waals surface area contributed by atoms with Crippen molar-refractivity contribution in [3.05, 3.63) is 34.4 Å². The highest BCUT2D eigenvalue weighted by Crippen LogP contribution is 2.16. The number of amides is 2. The molecule has 1 aromatic carbocycles. The van der Waals surface area contributed by atoms with Crippen LogP contribution in [-0.2, 0) is 0 Å². The van der Waals surface area contributed by atoms with Gasteiger partial charge < -0.3 is 10.6 Å². The number of nitro benzene ring substituents is 1. The molecule has 7 heteroatoms. The molecule has 100 valence electrons. The van der Waals surface area contributed by atoms with Crippen molar-refractivity contribution < 1.29 is 9.72 Å². The largest absolute Gasteiger partial charge is 0.322 e. The summed E-state index contributed by atoms with van der Waals surface area (Å²) in [5, 5.41) is 24.4. The standard InChI is InChI=1S/C12H14N4O3/c1-8(2)11(7-13)15-12(17)14-9-4-3-5-10(6-9)16(18)19/h3-6,8,11H,1-2H3,(H2,14,15,17). The van der Waals surface area contributed by atoms with Gasteiger partial charge in [0.2, 0.25) is 0 Å². The Balaban J connectivity index is 2.70. The number of hydrogen-bond donors (Lipinski definition) is 2. The normalized spacial score (nSPS) is 11.5. The molecule has 0 aromatic heterocycles. The van der Waals surface area contributed by atoms with Crippen molar-refractivity contribution in [3.8, 4) is 6.07 Å². The minimum absolute atomic E-state index is 0.0270. The van der Waals surface area contributed by atoms with E-state index in [0.29, 0.717) is 5.69 Å². The smallest absolute Gasteiger partial charge is 0.320 e. The number of hydrogen-bond acceptors (Lipinski definition) is 4. The first kappa shape index (κ1) is 14.4. The van der Waals surface area contributed by atoms with Gasteiger partial charge in [-0.25, -0.2) is 4.79 Å². The molecule has 1 unspecified atom stereocenters.